The molecule has 0 saturated carbocycles. The van der Waals surface area contributed by atoms with Gasteiger partial charge in [-0.15, -0.1) is 11.3 Å². The fourth-order valence-corrected chi connectivity index (χ4v) is 3.95. The number of pyridine rings is 1. The molecule has 120 valence electrons. The summed E-state index contributed by atoms with van der Waals surface area (Å²) in [6, 6.07) is 7.17. The summed E-state index contributed by atoms with van der Waals surface area (Å²) in [5.41, 5.74) is 0.768. The molecule has 0 aliphatic rings. The summed E-state index contributed by atoms with van der Waals surface area (Å²) in [5, 5.41) is 3.38. The molecule has 1 atom stereocenters. The van der Waals surface area contributed by atoms with Gasteiger partial charge in [-0.1, -0.05) is 11.6 Å². The first-order valence-electron chi connectivity index (χ1n) is 6.84. The van der Waals surface area contributed by atoms with Crippen molar-refractivity contribution >= 4 is 38.5 Å². The Kier molecular flexibility index (Phi) is 4.84. The number of nitrogens with one attached hydrogen (secondary N) is 1. The van der Waals surface area contributed by atoms with Crippen LogP contribution >= 0.6 is 22.9 Å². The van der Waals surface area contributed by atoms with E-state index in [-0.39, 0.29) is 11.1 Å². The van der Waals surface area contributed by atoms with Crippen molar-refractivity contribution in [3.8, 4) is 0 Å². The third-order valence-electron chi connectivity index (χ3n) is 3.22. The van der Waals surface area contributed by atoms with Crippen LogP contribution in [0.2, 0.25) is 4.34 Å². The number of aromatic nitrogens is 1. The van der Waals surface area contributed by atoms with Crippen LogP contribution in [0.15, 0.2) is 35.5 Å². The van der Waals surface area contributed by atoms with E-state index in [1.54, 1.807) is 33.0 Å². The SMILES string of the molecule is CC(Nc1ccc(S(=O)(=O)C(C)(C)C)nc1)c1ccc(Cl)s1. The lowest BCUT2D eigenvalue weighted by Gasteiger charge is -2.19. The zero-order valence-corrected chi connectivity index (χ0v) is 15.3. The molecule has 0 saturated heterocycles. The van der Waals surface area contributed by atoms with Crippen molar-refractivity contribution in [1.29, 1.82) is 0 Å². The lowest BCUT2D eigenvalue weighted by molar-refractivity contribution is 0.556. The molecule has 0 bridgehead atoms. The van der Waals surface area contributed by atoms with Gasteiger partial charge in [0, 0.05) is 4.88 Å². The van der Waals surface area contributed by atoms with Crippen LogP contribution in [0.3, 0.4) is 0 Å². The molecule has 4 nitrogen and oxygen atoms in total. The van der Waals surface area contributed by atoms with E-state index >= 15 is 0 Å². The van der Waals surface area contributed by atoms with Crippen LogP contribution in [0.25, 0.3) is 0 Å². The first-order valence-corrected chi connectivity index (χ1v) is 9.51. The molecular formula is C15H19ClN2O2S2. The van der Waals surface area contributed by atoms with Crippen LogP contribution in [-0.4, -0.2) is 18.1 Å². The molecule has 7 heteroatoms. The average molecular weight is 359 g/mol. The minimum atomic E-state index is -3.42. The number of anilines is 1. The minimum Gasteiger partial charge on any atom is -0.376 e. The Morgan fingerprint density at radius 1 is 1.23 bits per heavy atom. The maximum Gasteiger partial charge on any atom is 0.200 e. The maximum absolute atomic E-state index is 12.3. The third-order valence-corrected chi connectivity index (χ3v) is 7.04. The Bertz CT molecular complexity index is 747. The van der Waals surface area contributed by atoms with Gasteiger partial charge in [-0.2, -0.15) is 0 Å². The minimum absolute atomic E-state index is 0.0735. The first-order chi connectivity index (χ1) is 10.1. The highest BCUT2D eigenvalue weighted by Crippen LogP contribution is 2.29. The Balaban J connectivity index is 2.16. The summed E-state index contributed by atoms with van der Waals surface area (Å²) >= 11 is 7.45. The van der Waals surface area contributed by atoms with Crippen LogP contribution in [0.4, 0.5) is 5.69 Å². The standard InChI is InChI=1S/C15H19ClN2O2S2/c1-10(12-6-7-13(16)21-12)18-11-5-8-14(17-9-11)22(19,20)15(2,3)4/h5-10,18H,1-4H3. The molecule has 2 aromatic heterocycles. The van der Waals surface area contributed by atoms with E-state index in [0.29, 0.717) is 0 Å². The lowest BCUT2D eigenvalue weighted by atomic mass is 10.2. The van der Waals surface area contributed by atoms with Gasteiger partial charge < -0.3 is 5.32 Å². The molecule has 2 aromatic rings. The van der Waals surface area contributed by atoms with Crippen LogP contribution in [0.5, 0.6) is 0 Å². The number of hydrogen-bond acceptors (Lipinski definition) is 5. The van der Waals surface area contributed by atoms with E-state index in [0.717, 1.165) is 14.9 Å². The largest absolute Gasteiger partial charge is 0.376 e. The van der Waals surface area contributed by atoms with Gasteiger partial charge in [-0.25, -0.2) is 13.4 Å². The molecule has 0 aliphatic heterocycles. The average Bonchev–Trinajstić information content (AvgIpc) is 2.85. The number of rotatable bonds is 4. The summed E-state index contributed by atoms with van der Waals surface area (Å²) in [6.07, 6.45) is 1.55. The van der Waals surface area contributed by atoms with Crippen LogP contribution < -0.4 is 5.32 Å². The van der Waals surface area contributed by atoms with Gasteiger partial charge in [0.15, 0.2) is 14.9 Å². The second kappa shape index (κ2) is 6.18. The number of halogens is 1. The monoisotopic (exact) mass is 358 g/mol. The summed E-state index contributed by atoms with van der Waals surface area (Å²) in [6.45, 7) is 7.01. The molecule has 2 heterocycles. The van der Waals surface area contributed by atoms with Gasteiger partial charge in [0.1, 0.15) is 0 Å². The third kappa shape index (κ3) is 3.62. The fraction of sp³-hybridized carbons (Fsp3) is 0.400. The number of nitrogens with zero attached hydrogens (tertiary/aromatic N) is 1. The molecule has 1 N–H and O–H groups in total. The predicted molar refractivity (Wildman–Crippen MR) is 92.5 cm³/mol. The van der Waals surface area contributed by atoms with Crippen LogP contribution in [-0.2, 0) is 9.84 Å². The summed E-state index contributed by atoms with van der Waals surface area (Å²) in [4.78, 5) is 5.20. The first kappa shape index (κ1) is 17.2. The highest BCUT2D eigenvalue weighted by Gasteiger charge is 2.31. The number of sulfone groups is 1. The van der Waals surface area contributed by atoms with Gasteiger partial charge in [0.2, 0.25) is 0 Å². The molecule has 0 aromatic carbocycles. The van der Waals surface area contributed by atoms with Crippen molar-refractivity contribution in [3.05, 3.63) is 39.7 Å². The summed E-state index contributed by atoms with van der Waals surface area (Å²) in [5.74, 6) is 0. The van der Waals surface area contributed by atoms with E-state index in [4.69, 9.17) is 11.6 Å². The molecule has 0 amide bonds. The van der Waals surface area contributed by atoms with Crippen molar-refractivity contribution < 1.29 is 8.42 Å². The highest BCUT2D eigenvalue weighted by atomic mass is 35.5. The molecule has 0 aliphatic carbocycles. The quantitative estimate of drug-likeness (QED) is 0.871. The maximum atomic E-state index is 12.3. The molecule has 2 rings (SSSR count). The summed E-state index contributed by atoms with van der Waals surface area (Å²) in [7, 11) is -3.42. The van der Waals surface area contributed by atoms with Crippen molar-refractivity contribution in [2.24, 2.45) is 0 Å². The molecular weight excluding hydrogens is 340 g/mol. The molecule has 0 radical (unpaired) electrons. The zero-order chi connectivity index (χ0) is 16.5. The molecule has 0 spiro atoms. The normalized spacial score (nSPS) is 13.9. The van der Waals surface area contributed by atoms with Crippen molar-refractivity contribution in [2.75, 3.05) is 5.32 Å². The van der Waals surface area contributed by atoms with Crippen LogP contribution in [0.1, 0.15) is 38.6 Å². The van der Waals surface area contributed by atoms with Gasteiger partial charge in [-0.05, 0) is 52.0 Å². The molecule has 0 fully saturated rings. The number of hydrogen-bond donors (Lipinski definition) is 1. The summed E-state index contributed by atoms with van der Waals surface area (Å²) < 4.78 is 24.5. The van der Waals surface area contributed by atoms with Gasteiger partial charge in [-0.3, -0.25) is 0 Å². The van der Waals surface area contributed by atoms with E-state index in [2.05, 4.69) is 10.3 Å². The van der Waals surface area contributed by atoms with Crippen molar-refractivity contribution in [3.63, 3.8) is 0 Å². The Labute approximate surface area is 140 Å². The highest BCUT2D eigenvalue weighted by molar-refractivity contribution is 7.92. The van der Waals surface area contributed by atoms with Crippen LogP contribution in [0, 0.1) is 0 Å². The van der Waals surface area contributed by atoms with E-state index in [9.17, 15) is 8.42 Å². The Morgan fingerprint density at radius 2 is 1.91 bits per heavy atom. The zero-order valence-electron chi connectivity index (χ0n) is 12.9. The van der Waals surface area contributed by atoms with Crippen molar-refractivity contribution in [1.82, 2.24) is 4.98 Å². The lowest BCUT2D eigenvalue weighted by Crippen LogP contribution is -2.28. The molecule has 22 heavy (non-hydrogen) atoms. The molecule has 1 unspecified atom stereocenters. The van der Waals surface area contributed by atoms with Crippen molar-refractivity contribution in [2.45, 2.75) is 43.5 Å². The van der Waals surface area contributed by atoms with E-state index < -0.39 is 14.6 Å². The van der Waals surface area contributed by atoms with Gasteiger partial charge in [0.25, 0.3) is 0 Å². The topological polar surface area (TPSA) is 59.1 Å². The van der Waals surface area contributed by atoms with E-state index in [1.807, 2.05) is 19.1 Å². The second-order valence-electron chi connectivity index (χ2n) is 6.01. The Morgan fingerprint density at radius 3 is 2.36 bits per heavy atom. The Hall–Kier alpha value is -1.11. The second-order valence-corrected chi connectivity index (χ2v) is 10.4. The van der Waals surface area contributed by atoms with Gasteiger partial charge in [0.05, 0.1) is 27.0 Å². The predicted octanol–water partition coefficient (Wildman–Crippen LogP) is 4.54. The smallest absolute Gasteiger partial charge is 0.200 e. The fourth-order valence-electron chi connectivity index (χ4n) is 1.82. The van der Waals surface area contributed by atoms with E-state index in [1.165, 1.54) is 17.4 Å². The number of thiophene rings is 1. The van der Waals surface area contributed by atoms with Gasteiger partial charge >= 0.3 is 0 Å².